The molecule has 0 aliphatic heterocycles. The molecule has 5 heteroatoms. The van der Waals surface area contributed by atoms with Crippen molar-refractivity contribution in [2.75, 3.05) is 6.54 Å². The molecule has 4 bridgehead atoms. The van der Waals surface area contributed by atoms with Gasteiger partial charge in [0.05, 0.1) is 5.54 Å². The molecule has 1 aromatic heterocycles. The van der Waals surface area contributed by atoms with Crippen molar-refractivity contribution in [3.8, 4) is 0 Å². The molecule has 1 aromatic rings. The monoisotopic (exact) mass is 313 g/mol. The van der Waals surface area contributed by atoms with E-state index in [9.17, 15) is 0 Å². The number of hydrogen-bond acceptors (Lipinski definition) is 4. The van der Waals surface area contributed by atoms with E-state index in [1.54, 1.807) is 6.33 Å². The first-order valence-electron chi connectivity index (χ1n) is 9.39. The Labute approximate surface area is 137 Å². The van der Waals surface area contributed by atoms with Gasteiger partial charge in [-0.2, -0.15) is 4.80 Å². The second kappa shape index (κ2) is 5.13. The Balaban J connectivity index is 1.37. The second-order valence-electron chi connectivity index (χ2n) is 8.72. The van der Waals surface area contributed by atoms with Crippen LogP contribution in [0.15, 0.2) is 18.5 Å². The van der Waals surface area contributed by atoms with Crippen molar-refractivity contribution in [1.82, 2.24) is 25.5 Å². The van der Waals surface area contributed by atoms with Gasteiger partial charge in [-0.05, 0) is 87.3 Å². The Morgan fingerprint density at radius 3 is 2.70 bits per heavy atom. The summed E-state index contributed by atoms with van der Waals surface area (Å²) in [5.74, 6) is 2.52. The van der Waals surface area contributed by atoms with Crippen LogP contribution in [0.5, 0.6) is 0 Å². The smallest absolute Gasteiger partial charge is 0.162 e. The van der Waals surface area contributed by atoms with Crippen LogP contribution in [0.3, 0.4) is 0 Å². The van der Waals surface area contributed by atoms with E-state index in [1.807, 2.05) is 4.80 Å². The minimum atomic E-state index is 0.139. The van der Waals surface area contributed by atoms with Crippen LogP contribution < -0.4 is 5.32 Å². The van der Waals surface area contributed by atoms with Gasteiger partial charge in [0.2, 0.25) is 0 Å². The molecule has 5 nitrogen and oxygen atoms in total. The maximum Gasteiger partial charge on any atom is 0.162 e. The molecule has 1 heterocycles. The number of hydrogen-bond donors (Lipinski definition) is 1. The van der Waals surface area contributed by atoms with Crippen molar-refractivity contribution in [3.63, 3.8) is 0 Å². The fourth-order valence-electron chi connectivity index (χ4n) is 6.44. The average Bonchev–Trinajstić information content (AvgIpc) is 3.08. The Kier molecular flexibility index (Phi) is 3.16. The van der Waals surface area contributed by atoms with E-state index < -0.39 is 0 Å². The number of nitrogens with one attached hydrogen (secondary N) is 1. The molecule has 23 heavy (non-hydrogen) atoms. The third-order valence-electron chi connectivity index (χ3n) is 6.95. The van der Waals surface area contributed by atoms with E-state index in [0.717, 1.165) is 17.8 Å². The van der Waals surface area contributed by atoms with Crippen LogP contribution in [0.4, 0.5) is 0 Å². The molecule has 6 rings (SSSR count). The highest BCUT2D eigenvalue weighted by molar-refractivity contribution is 5.13. The van der Waals surface area contributed by atoms with E-state index in [4.69, 9.17) is 0 Å². The quantitative estimate of drug-likeness (QED) is 0.868. The maximum absolute atomic E-state index is 4.44. The van der Waals surface area contributed by atoms with Crippen LogP contribution in [0.2, 0.25) is 0 Å². The van der Waals surface area contributed by atoms with Crippen LogP contribution >= 0.6 is 0 Å². The lowest BCUT2D eigenvalue weighted by Gasteiger charge is -2.61. The van der Waals surface area contributed by atoms with Gasteiger partial charge in [-0.15, -0.1) is 10.2 Å². The highest BCUT2D eigenvalue weighted by Crippen LogP contribution is 2.60. The van der Waals surface area contributed by atoms with Gasteiger partial charge < -0.3 is 5.32 Å². The minimum absolute atomic E-state index is 0.139. The number of allylic oxidation sites excluding steroid dienone is 2. The van der Waals surface area contributed by atoms with Crippen molar-refractivity contribution in [2.45, 2.75) is 68.9 Å². The Morgan fingerprint density at radius 2 is 2.00 bits per heavy atom. The SMILES string of the molecule is C1=CCC(CNC23CC4CC(C2)CC(n2ncnn2)(C4)C3)CC1. The predicted molar refractivity (Wildman–Crippen MR) is 87.7 cm³/mol. The zero-order valence-electron chi connectivity index (χ0n) is 13.8. The predicted octanol–water partition coefficient (Wildman–Crippen LogP) is 2.67. The first kappa shape index (κ1) is 14.1. The summed E-state index contributed by atoms with van der Waals surface area (Å²) in [6.45, 7) is 1.19. The molecule has 124 valence electrons. The topological polar surface area (TPSA) is 55.6 Å². The molecule has 0 saturated heterocycles. The largest absolute Gasteiger partial charge is 0.311 e. The minimum Gasteiger partial charge on any atom is -0.311 e. The molecule has 4 saturated carbocycles. The zero-order valence-corrected chi connectivity index (χ0v) is 13.8. The standard InChI is InChI=1S/C18H27N5/c1-2-4-14(5-3-1)11-19-17-7-15-6-16(8-17)10-18(9-15,12-17)23-21-13-20-22-23/h1-2,13-16,19H,3-12H2. The Bertz CT molecular complexity index is 579. The molecule has 0 radical (unpaired) electrons. The molecular weight excluding hydrogens is 286 g/mol. The fraction of sp³-hybridized carbons (Fsp3) is 0.833. The highest BCUT2D eigenvalue weighted by atomic mass is 15.6. The van der Waals surface area contributed by atoms with Crippen LogP contribution in [0, 0.1) is 17.8 Å². The van der Waals surface area contributed by atoms with E-state index in [1.165, 1.54) is 64.3 Å². The second-order valence-corrected chi connectivity index (χ2v) is 8.72. The third kappa shape index (κ3) is 2.35. The maximum atomic E-state index is 4.44. The molecule has 1 N–H and O–H groups in total. The zero-order chi connectivity index (χ0) is 15.3. The lowest BCUT2D eigenvalue weighted by Crippen LogP contribution is -2.65. The summed E-state index contributed by atoms with van der Waals surface area (Å²) < 4.78 is 0. The average molecular weight is 313 g/mol. The highest BCUT2D eigenvalue weighted by Gasteiger charge is 2.59. The van der Waals surface area contributed by atoms with Crippen molar-refractivity contribution in [2.24, 2.45) is 17.8 Å². The molecule has 5 aliphatic carbocycles. The normalized spacial score (nSPS) is 44.8. The van der Waals surface area contributed by atoms with Gasteiger partial charge in [-0.1, -0.05) is 12.2 Å². The first-order chi connectivity index (χ1) is 11.3. The van der Waals surface area contributed by atoms with Crippen molar-refractivity contribution >= 4 is 0 Å². The van der Waals surface area contributed by atoms with Crippen LogP contribution in [-0.2, 0) is 5.54 Å². The number of nitrogens with zero attached hydrogens (tertiary/aromatic N) is 4. The van der Waals surface area contributed by atoms with Gasteiger partial charge in [0.25, 0.3) is 0 Å². The van der Waals surface area contributed by atoms with E-state index in [0.29, 0.717) is 5.54 Å². The van der Waals surface area contributed by atoms with Crippen LogP contribution in [0.25, 0.3) is 0 Å². The van der Waals surface area contributed by atoms with E-state index >= 15 is 0 Å². The van der Waals surface area contributed by atoms with E-state index in [-0.39, 0.29) is 5.54 Å². The lowest BCUT2D eigenvalue weighted by molar-refractivity contribution is -0.0856. The van der Waals surface area contributed by atoms with Gasteiger partial charge in [0, 0.05) is 5.54 Å². The molecule has 4 fully saturated rings. The summed E-state index contributed by atoms with van der Waals surface area (Å²) in [4.78, 5) is 1.96. The molecule has 5 aliphatic rings. The first-order valence-corrected chi connectivity index (χ1v) is 9.39. The summed E-state index contributed by atoms with van der Waals surface area (Å²) in [5, 5.41) is 16.8. The Morgan fingerprint density at radius 1 is 1.13 bits per heavy atom. The van der Waals surface area contributed by atoms with Gasteiger partial charge >= 0.3 is 0 Å². The van der Waals surface area contributed by atoms with Crippen molar-refractivity contribution in [1.29, 1.82) is 0 Å². The summed E-state index contributed by atoms with van der Waals surface area (Å²) in [6, 6.07) is 0. The van der Waals surface area contributed by atoms with Crippen LogP contribution in [0.1, 0.15) is 57.8 Å². The number of aromatic nitrogens is 4. The number of tetrazole rings is 1. The summed E-state index contributed by atoms with van der Waals surface area (Å²) in [7, 11) is 0. The molecule has 0 spiro atoms. The van der Waals surface area contributed by atoms with Gasteiger partial charge in [0.1, 0.15) is 0 Å². The van der Waals surface area contributed by atoms with Gasteiger partial charge in [-0.25, -0.2) is 0 Å². The third-order valence-corrected chi connectivity index (χ3v) is 6.95. The molecule has 0 aromatic carbocycles. The number of rotatable bonds is 4. The van der Waals surface area contributed by atoms with Crippen molar-refractivity contribution in [3.05, 3.63) is 18.5 Å². The molecule has 0 amide bonds. The summed E-state index contributed by atoms with van der Waals surface area (Å²) in [6.07, 6.45) is 18.1. The van der Waals surface area contributed by atoms with Gasteiger partial charge in [0.15, 0.2) is 6.33 Å². The summed E-state index contributed by atoms with van der Waals surface area (Å²) in [5.41, 5.74) is 0.471. The fourth-order valence-corrected chi connectivity index (χ4v) is 6.44. The summed E-state index contributed by atoms with van der Waals surface area (Å²) >= 11 is 0. The molecule has 3 atom stereocenters. The molecule has 3 unspecified atom stereocenters. The Hall–Kier alpha value is -1.23. The van der Waals surface area contributed by atoms with E-state index in [2.05, 4.69) is 32.9 Å². The molecular formula is C18H27N5. The lowest BCUT2D eigenvalue weighted by atomic mass is 9.50. The van der Waals surface area contributed by atoms with Crippen LogP contribution in [-0.4, -0.2) is 32.3 Å². The van der Waals surface area contributed by atoms with Crippen molar-refractivity contribution < 1.29 is 0 Å². The van der Waals surface area contributed by atoms with Gasteiger partial charge in [-0.3, -0.25) is 0 Å².